The van der Waals surface area contributed by atoms with Gasteiger partial charge < -0.3 is 10.1 Å². The van der Waals surface area contributed by atoms with Crippen LogP contribution in [0.3, 0.4) is 0 Å². The number of nitrogens with one attached hydrogen (secondary N) is 1. The Hall–Kier alpha value is -1.38. The third-order valence-electron chi connectivity index (χ3n) is 2.94. The molecule has 4 heteroatoms. The Morgan fingerprint density at radius 3 is 2.43 bits per heavy atom. The lowest BCUT2D eigenvalue weighted by molar-refractivity contribution is 0.271. The largest absolute Gasteiger partial charge is 0.493 e. The molecule has 2 rings (SSSR count). The van der Waals surface area contributed by atoms with E-state index in [2.05, 4.69) is 19.2 Å². The van der Waals surface area contributed by atoms with Crippen LogP contribution in [0.2, 0.25) is 10.0 Å². The van der Waals surface area contributed by atoms with Gasteiger partial charge in [0.25, 0.3) is 0 Å². The van der Waals surface area contributed by atoms with E-state index < -0.39 is 0 Å². The van der Waals surface area contributed by atoms with Crippen molar-refractivity contribution in [1.82, 2.24) is 0 Å². The van der Waals surface area contributed by atoms with Crippen LogP contribution in [0, 0.1) is 5.92 Å². The molecule has 1 N–H and O–H groups in total. The maximum atomic E-state index is 6.14. The molecule has 0 saturated carbocycles. The molecule has 0 atom stereocenters. The molecule has 0 amide bonds. The Labute approximate surface area is 136 Å². The van der Waals surface area contributed by atoms with Crippen LogP contribution in [0.5, 0.6) is 5.75 Å². The quantitative estimate of drug-likeness (QED) is 0.742. The van der Waals surface area contributed by atoms with Gasteiger partial charge in [0.1, 0.15) is 5.75 Å². The number of hydrogen-bond acceptors (Lipinski definition) is 2. The molecule has 2 aromatic rings. The van der Waals surface area contributed by atoms with Crippen LogP contribution in [0.25, 0.3) is 0 Å². The van der Waals surface area contributed by atoms with Crippen LogP contribution in [0.15, 0.2) is 42.5 Å². The van der Waals surface area contributed by atoms with E-state index in [0.717, 1.165) is 23.6 Å². The second-order valence-electron chi connectivity index (χ2n) is 5.30. The minimum absolute atomic E-state index is 0.524. The van der Waals surface area contributed by atoms with E-state index in [1.54, 1.807) is 6.07 Å². The van der Waals surface area contributed by atoms with Crippen molar-refractivity contribution in [2.24, 2.45) is 5.92 Å². The molecule has 0 bridgehead atoms. The smallest absolute Gasteiger partial charge is 0.119 e. The van der Waals surface area contributed by atoms with E-state index in [1.165, 1.54) is 0 Å². The van der Waals surface area contributed by atoms with Crippen LogP contribution in [0.1, 0.15) is 19.4 Å². The fourth-order valence-electron chi connectivity index (χ4n) is 1.80. The van der Waals surface area contributed by atoms with Gasteiger partial charge in [-0.05, 0) is 35.7 Å². The zero-order valence-electron chi connectivity index (χ0n) is 12.2. The summed E-state index contributed by atoms with van der Waals surface area (Å²) in [6.45, 7) is 5.68. The van der Waals surface area contributed by atoms with Crippen LogP contribution in [-0.2, 0) is 6.54 Å². The molecule has 0 unspecified atom stereocenters. The average Bonchev–Trinajstić information content (AvgIpc) is 2.48. The van der Waals surface area contributed by atoms with E-state index in [9.17, 15) is 0 Å². The molecule has 0 radical (unpaired) electrons. The summed E-state index contributed by atoms with van der Waals surface area (Å²) in [5.41, 5.74) is 1.99. The molecular formula is C17H19Cl2NO. The number of anilines is 1. The fraction of sp³-hybridized carbons (Fsp3) is 0.294. The first-order valence-corrected chi connectivity index (χ1v) is 7.71. The number of ether oxygens (including phenoxy) is 1. The molecule has 112 valence electrons. The van der Waals surface area contributed by atoms with E-state index in [1.807, 2.05) is 36.4 Å². The molecule has 0 aliphatic carbocycles. The number of rotatable bonds is 6. The van der Waals surface area contributed by atoms with Crippen LogP contribution in [-0.4, -0.2) is 6.61 Å². The SMILES string of the molecule is CC(C)COc1ccc(CNc2cccc(Cl)c2Cl)cc1. The highest BCUT2D eigenvalue weighted by molar-refractivity contribution is 6.43. The lowest BCUT2D eigenvalue weighted by atomic mass is 10.2. The zero-order valence-corrected chi connectivity index (χ0v) is 13.7. The highest BCUT2D eigenvalue weighted by Crippen LogP contribution is 2.29. The molecule has 0 aliphatic rings. The van der Waals surface area contributed by atoms with E-state index >= 15 is 0 Å². The third kappa shape index (κ3) is 4.83. The Kier molecular flexibility index (Phi) is 5.77. The van der Waals surface area contributed by atoms with Crippen molar-refractivity contribution in [2.45, 2.75) is 20.4 Å². The molecule has 0 saturated heterocycles. The predicted octanol–water partition coefficient (Wildman–Crippen LogP) is 5.64. The second-order valence-corrected chi connectivity index (χ2v) is 6.09. The van der Waals surface area contributed by atoms with Crippen molar-refractivity contribution in [3.63, 3.8) is 0 Å². The first kappa shape index (κ1) is 16.0. The molecular weight excluding hydrogens is 305 g/mol. The topological polar surface area (TPSA) is 21.3 Å². The summed E-state index contributed by atoms with van der Waals surface area (Å²) in [7, 11) is 0. The van der Waals surface area contributed by atoms with Gasteiger partial charge in [-0.3, -0.25) is 0 Å². The van der Waals surface area contributed by atoms with Crippen LogP contribution < -0.4 is 10.1 Å². The maximum absolute atomic E-state index is 6.14. The molecule has 0 heterocycles. The first-order chi connectivity index (χ1) is 10.1. The van der Waals surface area contributed by atoms with Crippen LogP contribution >= 0.6 is 23.2 Å². The van der Waals surface area contributed by atoms with Gasteiger partial charge in [-0.25, -0.2) is 0 Å². The molecule has 0 fully saturated rings. The van der Waals surface area contributed by atoms with E-state index in [-0.39, 0.29) is 0 Å². The molecule has 0 aromatic heterocycles. The lowest BCUT2D eigenvalue weighted by Crippen LogP contribution is -2.04. The number of halogens is 2. The zero-order chi connectivity index (χ0) is 15.2. The lowest BCUT2D eigenvalue weighted by Gasteiger charge is -2.11. The number of hydrogen-bond donors (Lipinski definition) is 1. The summed E-state index contributed by atoms with van der Waals surface area (Å²) in [6, 6.07) is 13.6. The third-order valence-corrected chi connectivity index (χ3v) is 3.76. The Bertz CT molecular complexity index is 582. The average molecular weight is 324 g/mol. The summed E-state index contributed by atoms with van der Waals surface area (Å²) < 4.78 is 5.66. The first-order valence-electron chi connectivity index (χ1n) is 6.96. The molecule has 0 spiro atoms. The number of benzene rings is 2. The minimum atomic E-state index is 0.524. The van der Waals surface area contributed by atoms with Gasteiger partial charge in [0.2, 0.25) is 0 Å². The predicted molar refractivity (Wildman–Crippen MR) is 90.6 cm³/mol. The Morgan fingerprint density at radius 1 is 1.05 bits per heavy atom. The van der Waals surface area contributed by atoms with Gasteiger partial charge in [0.05, 0.1) is 22.3 Å². The second kappa shape index (κ2) is 7.58. The van der Waals surface area contributed by atoms with E-state index in [4.69, 9.17) is 27.9 Å². The molecule has 2 aromatic carbocycles. The van der Waals surface area contributed by atoms with Gasteiger partial charge in [-0.1, -0.05) is 55.2 Å². The standard InChI is InChI=1S/C17H19Cl2NO/c1-12(2)11-21-14-8-6-13(7-9-14)10-20-16-5-3-4-15(18)17(16)19/h3-9,12,20H,10-11H2,1-2H3. The van der Waals surface area contributed by atoms with Crippen LogP contribution in [0.4, 0.5) is 5.69 Å². The normalized spacial score (nSPS) is 10.7. The monoisotopic (exact) mass is 323 g/mol. The van der Waals surface area contributed by atoms with Crippen molar-refractivity contribution in [1.29, 1.82) is 0 Å². The van der Waals surface area contributed by atoms with Gasteiger partial charge in [-0.15, -0.1) is 0 Å². The molecule has 0 aliphatic heterocycles. The summed E-state index contributed by atoms with van der Waals surface area (Å²) in [4.78, 5) is 0. The maximum Gasteiger partial charge on any atom is 0.119 e. The molecule has 21 heavy (non-hydrogen) atoms. The summed E-state index contributed by atoms with van der Waals surface area (Å²) in [5, 5.41) is 4.39. The van der Waals surface area contributed by atoms with Gasteiger partial charge in [0.15, 0.2) is 0 Å². The Morgan fingerprint density at radius 2 is 1.76 bits per heavy atom. The van der Waals surface area contributed by atoms with Gasteiger partial charge in [-0.2, -0.15) is 0 Å². The fourth-order valence-corrected chi connectivity index (χ4v) is 2.17. The van der Waals surface area contributed by atoms with E-state index in [0.29, 0.717) is 22.5 Å². The Balaban J connectivity index is 1.93. The minimum Gasteiger partial charge on any atom is -0.493 e. The summed E-state index contributed by atoms with van der Waals surface area (Å²) in [6.07, 6.45) is 0. The highest BCUT2D eigenvalue weighted by atomic mass is 35.5. The van der Waals surface area contributed by atoms with Crippen molar-refractivity contribution in [3.05, 3.63) is 58.1 Å². The summed E-state index contributed by atoms with van der Waals surface area (Å²) >= 11 is 12.1. The highest BCUT2D eigenvalue weighted by Gasteiger charge is 2.04. The van der Waals surface area contributed by atoms with Gasteiger partial charge in [0, 0.05) is 6.54 Å². The summed E-state index contributed by atoms with van der Waals surface area (Å²) in [5.74, 6) is 1.42. The van der Waals surface area contributed by atoms with Crippen molar-refractivity contribution in [3.8, 4) is 5.75 Å². The van der Waals surface area contributed by atoms with Crippen molar-refractivity contribution >= 4 is 28.9 Å². The van der Waals surface area contributed by atoms with Crippen molar-refractivity contribution < 1.29 is 4.74 Å². The molecule has 2 nitrogen and oxygen atoms in total. The van der Waals surface area contributed by atoms with Gasteiger partial charge >= 0.3 is 0 Å². The van der Waals surface area contributed by atoms with Crippen molar-refractivity contribution in [2.75, 3.05) is 11.9 Å².